The number of hydrogen-bond acceptors (Lipinski definition) is 5. The molecule has 152 valence electrons. The molecule has 2 aromatic heterocycles. The van der Waals surface area contributed by atoms with Gasteiger partial charge in [-0.25, -0.2) is 4.98 Å². The van der Waals surface area contributed by atoms with Gasteiger partial charge in [0.2, 0.25) is 0 Å². The summed E-state index contributed by atoms with van der Waals surface area (Å²) in [6, 6.07) is 2.14. The predicted molar refractivity (Wildman–Crippen MR) is 105 cm³/mol. The van der Waals surface area contributed by atoms with Crippen LogP contribution in [0, 0.1) is 0 Å². The molecule has 0 saturated heterocycles. The van der Waals surface area contributed by atoms with E-state index in [0.717, 1.165) is 41.8 Å². The number of rotatable bonds is 5. The van der Waals surface area contributed by atoms with Gasteiger partial charge in [0, 0.05) is 17.5 Å². The predicted octanol–water partition coefficient (Wildman–Crippen LogP) is 4.78. The summed E-state index contributed by atoms with van der Waals surface area (Å²) in [4.78, 5) is 16.3. The summed E-state index contributed by atoms with van der Waals surface area (Å²) in [5.74, 6) is 0.985. The van der Waals surface area contributed by atoms with Gasteiger partial charge in [0.15, 0.2) is 5.82 Å². The van der Waals surface area contributed by atoms with Crippen LogP contribution in [-0.2, 0) is 6.18 Å². The van der Waals surface area contributed by atoms with Crippen LogP contribution in [0.15, 0.2) is 29.3 Å². The maximum atomic E-state index is 12.7. The molecule has 10 heteroatoms. The van der Waals surface area contributed by atoms with Crippen molar-refractivity contribution in [2.24, 2.45) is 0 Å². The maximum absolute atomic E-state index is 12.7. The number of halogens is 4. The molecule has 2 atom stereocenters. The van der Waals surface area contributed by atoms with E-state index in [1.165, 1.54) is 12.6 Å². The molecule has 2 aromatic rings. The van der Waals surface area contributed by atoms with Crippen molar-refractivity contribution in [3.05, 3.63) is 45.5 Å². The van der Waals surface area contributed by atoms with Crippen LogP contribution in [0.3, 0.4) is 0 Å². The molecule has 1 N–H and O–H groups in total. The van der Waals surface area contributed by atoms with E-state index in [1.54, 1.807) is 0 Å². The second kappa shape index (κ2) is 8.73. The van der Waals surface area contributed by atoms with E-state index in [2.05, 4.69) is 22.3 Å². The average molecular weight is 433 g/mol. The molecule has 0 radical (unpaired) electrons. The number of thioether (sulfide) groups is 1. The topological polar surface area (TPSA) is 59.8 Å². The normalized spacial score (nSPS) is 20.2. The van der Waals surface area contributed by atoms with Crippen LogP contribution in [0.1, 0.15) is 38.2 Å². The summed E-state index contributed by atoms with van der Waals surface area (Å²) >= 11 is 8.13. The second-order valence-electron chi connectivity index (χ2n) is 6.52. The highest BCUT2D eigenvalue weighted by Crippen LogP contribution is 2.32. The summed E-state index contributed by atoms with van der Waals surface area (Å²) in [6.07, 6.45) is 1.97. The molecule has 0 amide bonds. The number of nitrogens with one attached hydrogen (secondary N) is 1. The first-order valence-corrected chi connectivity index (χ1v) is 10.4. The van der Waals surface area contributed by atoms with Gasteiger partial charge in [-0.3, -0.25) is 4.79 Å². The molecule has 2 heterocycles. The molecule has 1 saturated carbocycles. The molecule has 0 bridgehead atoms. The Morgan fingerprint density at radius 1 is 1.29 bits per heavy atom. The lowest BCUT2D eigenvalue weighted by Gasteiger charge is -2.32. The van der Waals surface area contributed by atoms with E-state index in [9.17, 15) is 18.0 Å². The Morgan fingerprint density at radius 3 is 2.68 bits per heavy atom. The minimum atomic E-state index is -4.50. The third-order valence-electron chi connectivity index (χ3n) is 4.64. The molecule has 0 aliphatic heterocycles. The maximum Gasteiger partial charge on any atom is 0.417 e. The van der Waals surface area contributed by atoms with E-state index in [1.807, 2.05) is 11.8 Å². The van der Waals surface area contributed by atoms with Gasteiger partial charge in [0.1, 0.15) is 5.02 Å². The summed E-state index contributed by atoms with van der Waals surface area (Å²) < 4.78 is 38.9. The summed E-state index contributed by atoms with van der Waals surface area (Å²) in [5.41, 5.74) is -1.09. The molecule has 3 rings (SSSR count). The number of alkyl halides is 3. The van der Waals surface area contributed by atoms with E-state index in [0.29, 0.717) is 17.1 Å². The number of pyridine rings is 1. The Morgan fingerprint density at radius 2 is 2.04 bits per heavy atom. The first-order valence-electron chi connectivity index (χ1n) is 9.01. The van der Waals surface area contributed by atoms with E-state index in [4.69, 9.17) is 11.6 Å². The van der Waals surface area contributed by atoms with Gasteiger partial charge in [-0.2, -0.15) is 34.7 Å². The minimum Gasteiger partial charge on any atom is -0.379 e. The molecule has 0 spiro atoms. The van der Waals surface area contributed by atoms with Crippen LogP contribution < -0.4 is 10.9 Å². The van der Waals surface area contributed by atoms with Crippen molar-refractivity contribution in [1.29, 1.82) is 0 Å². The average Bonchev–Trinajstić information content (AvgIpc) is 2.67. The Balaban J connectivity index is 1.84. The highest BCUT2D eigenvalue weighted by Gasteiger charge is 2.31. The number of aromatic nitrogens is 3. The molecule has 1 aliphatic rings. The number of anilines is 1. The Labute approximate surface area is 169 Å². The lowest BCUT2D eigenvalue weighted by atomic mass is 9.95. The van der Waals surface area contributed by atoms with Crippen molar-refractivity contribution in [1.82, 2.24) is 14.8 Å². The fraction of sp³-hybridized carbons (Fsp3) is 0.500. The van der Waals surface area contributed by atoms with E-state index < -0.39 is 17.3 Å². The van der Waals surface area contributed by atoms with Crippen molar-refractivity contribution >= 4 is 29.1 Å². The number of hydrogen-bond donors (Lipinski definition) is 1. The summed E-state index contributed by atoms with van der Waals surface area (Å²) in [6.45, 7) is 2.11. The van der Waals surface area contributed by atoms with E-state index >= 15 is 0 Å². The van der Waals surface area contributed by atoms with Crippen LogP contribution in [0.5, 0.6) is 0 Å². The van der Waals surface area contributed by atoms with Gasteiger partial charge < -0.3 is 5.32 Å². The Bertz CT molecular complexity index is 871. The SMILES string of the molecule is CCS[C@@H]1CCCC[C@H]1Nc1cnn(-c2ccc(C(F)(F)F)cn2)c(=O)c1Cl. The lowest BCUT2D eigenvalue weighted by molar-refractivity contribution is -0.137. The minimum absolute atomic E-state index is 0.0245. The van der Waals surface area contributed by atoms with Gasteiger partial charge in [0.25, 0.3) is 5.56 Å². The van der Waals surface area contributed by atoms with Crippen molar-refractivity contribution in [2.75, 3.05) is 11.1 Å². The molecule has 0 unspecified atom stereocenters. The second-order valence-corrected chi connectivity index (χ2v) is 8.42. The fourth-order valence-corrected chi connectivity index (χ4v) is 4.63. The Kier molecular flexibility index (Phi) is 6.54. The Hall–Kier alpha value is -1.74. The van der Waals surface area contributed by atoms with Crippen molar-refractivity contribution < 1.29 is 13.2 Å². The van der Waals surface area contributed by atoms with Gasteiger partial charge in [-0.15, -0.1) is 0 Å². The van der Waals surface area contributed by atoms with Crippen molar-refractivity contribution in [2.45, 2.75) is 50.1 Å². The van der Waals surface area contributed by atoms with Crippen molar-refractivity contribution in [3.63, 3.8) is 0 Å². The van der Waals surface area contributed by atoms with Crippen LogP contribution in [0.4, 0.5) is 18.9 Å². The third-order valence-corrected chi connectivity index (χ3v) is 6.33. The standard InChI is InChI=1S/C18H20ClF3N4OS/c1-2-28-14-6-4-3-5-12(14)25-13-10-24-26(17(27)16(13)19)15-8-7-11(9-23-15)18(20,21)22/h7-10,12,14,25H,2-6H2,1H3/t12-,14-/m1/s1. The van der Waals surface area contributed by atoms with Gasteiger partial charge in [-0.1, -0.05) is 31.4 Å². The zero-order chi connectivity index (χ0) is 20.3. The fourth-order valence-electron chi connectivity index (χ4n) is 3.25. The monoisotopic (exact) mass is 432 g/mol. The van der Waals surface area contributed by atoms with Crippen molar-refractivity contribution in [3.8, 4) is 5.82 Å². The summed E-state index contributed by atoms with van der Waals surface area (Å²) in [7, 11) is 0. The van der Waals surface area contributed by atoms with Crippen LogP contribution >= 0.6 is 23.4 Å². The smallest absolute Gasteiger partial charge is 0.379 e. The third kappa shape index (κ3) is 4.63. The zero-order valence-corrected chi connectivity index (χ0v) is 16.7. The lowest BCUT2D eigenvalue weighted by Crippen LogP contribution is -2.35. The molecule has 1 aliphatic carbocycles. The highest BCUT2D eigenvalue weighted by molar-refractivity contribution is 7.99. The van der Waals surface area contributed by atoms with Crippen LogP contribution in [-0.4, -0.2) is 31.8 Å². The van der Waals surface area contributed by atoms with Crippen LogP contribution in [0.25, 0.3) is 5.82 Å². The van der Waals surface area contributed by atoms with Gasteiger partial charge in [-0.05, 0) is 30.7 Å². The van der Waals surface area contributed by atoms with Gasteiger partial charge >= 0.3 is 6.18 Å². The largest absolute Gasteiger partial charge is 0.417 e. The molecular formula is C18H20ClF3N4OS. The number of nitrogens with zero attached hydrogens (tertiary/aromatic N) is 3. The zero-order valence-electron chi connectivity index (χ0n) is 15.2. The molecule has 0 aromatic carbocycles. The quantitative estimate of drug-likeness (QED) is 0.737. The molecule has 5 nitrogen and oxygen atoms in total. The first-order chi connectivity index (χ1) is 13.3. The van der Waals surface area contributed by atoms with Gasteiger partial charge in [0.05, 0.1) is 17.4 Å². The van der Waals surface area contributed by atoms with E-state index in [-0.39, 0.29) is 16.9 Å². The molecule has 1 fully saturated rings. The summed E-state index contributed by atoms with van der Waals surface area (Å²) in [5, 5.41) is 7.76. The van der Waals surface area contributed by atoms with Crippen LogP contribution in [0.2, 0.25) is 5.02 Å². The highest BCUT2D eigenvalue weighted by atomic mass is 35.5. The molecule has 28 heavy (non-hydrogen) atoms. The first kappa shape index (κ1) is 21.0. The molecular weight excluding hydrogens is 413 g/mol.